The summed E-state index contributed by atoms with van der Waals surface area (Å²) in [4.78, 5) is 0. The van der Waals surface area contributed by atoms with Crippen molar-refractivity contribution in [1.29, 1.82) is 0 Å². The molecule has 0 spiro atoms. The molecule has 0 heterocycles. The molecule has 0 aromatic rings. The monoisotopic (exact) mass is 212 g/mol. The van der Waals surface area contributed by atoms with Crippen LogP contribution in [-0.2, 0) is 14.2 Å². The Morgan fingerprint density at radius 2 is 1.20 bits per heavy atom. The lowest BCUT2D eigenvalue weighted by Crippen LogP contribution is -2.31. The highest BCUT2D eigenvalue weighted by molar-refractivity contribution is 4.64. The Kier molecular flexibility index (Phi) is 8.02. The fraction of sp³-hybridized carbons (Fsp3) is 0.750. The van der Waals surface area contributed by atoms with E-state index in [0.29, 0.717) is 13.2 Å². The molecule has 6 radical (unpaired) electrons. The Labute approximate surface area is 94.1 Å². The molecule has 0 aromatic carbocycles. The summed E-state index contributed by atoms with van der Waals surface area (Å²) < 4.78 is 15.8. The zero-order valence-corrected chi connectivity index (χ0v) is 9.68. The average molecular weight is 212 g/mol. The van der Waals surface area contributed by atoms with Crippen LogP contribution in [0, 0.1) is 20.8 Å². The van der Waals surface area contributed by atoms with Crippen LogP contribution in [0.4, 0.5) is 0 Å². The minimum Gasteiger partial charge on any atom is -0.375 e. The highest BCUT2D eigenvalue weighted by atomic mass is 16.6. The lowest BCUT2D eigenvalue weighted by Gasteiger charge is -2.22. The molecule has 0 N–H and O–H groups in total. The van der Waals surface area contributed by atoms with Gasteiger partial charge in [0.1, 0.15) is 6.10 Å². The third-order valence-corrected chi connectivity index (χ3v) is 1.50. The second kappa shape index (κ2) is 8.08. The van der Waals surface area contributed by atoms with Gasteiger partial charge in [-0.15, -0.1) is 0 Å². The van der Waals surface area contributed by atoms with Crippen LogP contribution in [0.1, 0.15) is 20.8 Å². The maximum Gasteiger partial charge on any atom is 0.104 e. The van der Waals surface area contributed by atoms with Gasteiger partial charge in [0.25, 0.3) is 0 Å². The van der Waals surface area contributed by atoms with E-state index in [4.69, 9.17) is 35.0 Å². The average Bonchev–Trinajstić information content (AvgIpc) is 2.08. The standard InChI is InChI=1S/C12H20O3/c1-9(2)13-7-12(15-11(5)6)8-14-10(3)4/h1,3,5,9-12H,7-8H2,2,4,6H3. The normalized spacial score (nSPS) is 12.4. The summed E-state index contributed by atoms with van der Waals surface area (Å²) in [6, 6.07) is 0. The first-order valence-corrected chi connectivity index (χ1v) is 5.07. The van der Waals surface area contributed by atoms with Gasteiger partial charge >= 0.3 is 0 Å². The van der Waals surface area contributed by atoms with Gasteiger partial charge in [0, 0.05) is 0 Å². The molecule has 0 fully saturated rings. The predicted octanol–water partition coefficient (Wildman–Crippen LogP) is 1.70. The van der Waals surface area contributed by atoms with Crippen LogP contribution >= 0.6 is 0 Å². The maximum absolute atomic E-state index is 5.51. The van der Waals surface area contributed by atoms with Crippen molar-refractivity contribution in [3.63, 3.8) is 0 Å². The molecule has 3 atom stereocenters. The van der Waals surface area contributed by atoms with Crippen molar-refractivity contribution in [3.8, 4) is 0 Å². The van der Waals surface area contributed by atoms with Crippen molar-refractivity contribution >= 4 is 0 Å². The van der Waals surface area contributed by atoms with E-state index in [0.717, 1.165) is 0 Å². The van der Waals surface area contributed by atoms with Crippen LogP contribution in [-0.4, -0.2) is 37.6 Å². The van der Waals surface area contributed by atoms with E-state index in [1.54, 1.807) is 20.8 Å². The molecule has 0 amide bonds. The van der Waals surface area contributed by atoms with Crippen LogP contribution in [0.5, 0.6) is 0 Å². The number of rotatable bonds is 8. The summed E-state index contributed by atoms with van der Waals surface area (Å²) in [5.41, 5.74) is 0. The first-order chi connectivity index (χ1) is 6.91. The summed E-state index contributed by atoms with van der Waals surface area (Å²) in [7, 11) is 0. The minimum absolute atomic E-state index is 0.248. The molecule has 0 aliphatic heterocycles. The molecule has 86 valence electrons. The van der Waals surface area contributed by atoms with E-state index in [-0.39, 0.29) is 24.4 Å². The van der Waals surface area contributed by atoms with Crippen molar-refractivity contribution in [2.75, 3.05) is 13.2 Å². The summed E-state index contributed by atoms with van der Waals surface area (Å²) in [5, 5.41) is 0. The summed E-state index contributed by atoms with van der Waals surface area (Å²) in [6.07, 6.45) is -1.29. The fourth-order valence-electron chi connectivity index (χ4n) is 0.948. The number of hydrogen-bond donors (Lipinski definition) is 0. The molecule has 0 aliphatic carbocycles. The van der Waals surface area contributed by atoms with Gasteiger partial charge in [-0.05, 0) is 41.5 Å². The molecule has 0 aliphatic rings. The van der Waals surface area contributed by atoms with Gasteiger partial charge in [-0.1, -0.05) is 0 Å². The third-order valence-electron chi connectivity index (χ3n) is 1.50. The van der Waals surface area contributed by atoms with E-state index in [9.17, 15) is 0 Å². The molecule has 0 saturated carbocycles. The second-order valence-corrected chi connectivity index (χ2v) is 3.54. The molecule has 3 heteroatoms. The van der Waals surface area contributed by atoms with Gasteiger partial charge in [0.2, 0.25) is 0 Å². The van der Waals surface area contributed by atoms with Crippen LogP contribution in [0.3, 0.4) is 0 Å². The topological polar surface area (TPSA) is 27.7 Å². The van der Waals surface area contributed by atoms with Crippen molar-refractivity contribution in [3.05, 3.63) is 20.8 Å². The highest BCUT2D eigenvalue weighted by Gasteiger charge is 2.13. The molecule has 3 unspecified atom stereocenters. The molecule has 0 bridgehead atoms. The van der Waals surface area contributed by atoms with Gasteiger partial charge in [0.05, 0.1) is 31.5 Å². The summed E-state index contributed by atoms with van der Waals surface area (Å²) in [5.74, 6) is 0. The van der Waals surface area contributed by atoms with Gasteiger partial charge in [-0.25, -0.2) is 0 Å². The summed E-state index contributed by atoms with van der Waals surface area (Å²) >= 11 is 0. The Morgan fingerprint density at radius 3 is 1.47 bits per heavy atom. The zero-order chi connectivity index (χ0) is 11.8. The second-order valence-electron chi connectivity index (χ2n) is 3.54. The Bertz CT molecular complexity index is 132. The molecule has 0 saturated heterocycles. The highest BCUT2D eigenvalue weighted by Crippen LogP contribution is 2.03. The predicted molar refractivity (Wildman–Crippen MR) is 58.1 cm³/mol. The molecular formula is C12H20O3. The molecule has 15 heavy (non-hydrogen) atoms. The Balaban J connectivity index is 3.84. The van der Waals surface area contributed by atoms with Crippen molar-refractivity contribution < 1.29 is 14.2 Å². The first-order valence-electron chi connectivity index (χ1n) is 5.07. The summed E-state index contributed by atoms with van der Waals surface area (Å²) in [6.45, 7) is 22.3. The van der Waals surface area contributed by atoms with Gasteiger partial charge < -0.3 is 14.2 Å². The van der Waals surface area contributed by atoms with Crippen LogP contribution in [0.15, 0.2) is 0 Å². The van der Waals surface area contributed by atoms with E-state index in [1.165, 1.54) is 0 Å². The minimum atomic E-state index is -0.372. The van der Waals surface area contributed by atoms with Crippen molar-refractivity contribution in [2.24, 2.45) is 0 Å². The van der Waals surface area contributed by atoms with Crippen molar-refractivity contribution in [1.82, 2.24) is 0 Å². The number of ether oxygens (including phenoxy) is 3. The maximum atomic E-state index is 5.51. The lowest BCUT2D eigenvalue weighted by molar-refractivity contribution is -0.0883. The van der Waals surface area contributed by atoms with Crippen LogP contribution in [0.2, 0.25) is 0 Å². The van der Waals surface area contributed by atoms with Gasteiger partial charge in [0.15, 0.2) is 0 Å². The van der Waals surface area contributed by atoms with Gasteiger partial charge in [-0.2, -0.15) is 0 Å². The quantitative estimate of drug-likeness (QED) is 0.613. The third kappa shape index (κ3) is 10.2. The van der Waals surface area contributed by atoms with E-state index >= 15 is 0 Å². The number of hydrogen-bond acceptors (Lipinski definition) is 3. The van der Waals surface area contributed by atoms with E-state index in [1.807, 2.05) is 0 Å². The zero-order valence-electron chi connectivity index (χ0n) is 9.68. The molecule has 0 aromatic heterocycles. The largest absolute Gasteiger partial charge is 0.375 e. The Morgan fingerprint density at radius 1 is 0.800 bits per heavy atom. The molecular weight excluding hydrogens is 192 g/mol. The van der Waals surface area contributed by atoms with E-state index in [2.05, 4.69) is 0 Å². The van der Waals surface area contributed by atoms with Crippen LogP contribution in [0.25, 0.3) is 0 Å². The Hall–Kier alpha value is -0.120. The molecule has 0 rings (SSSR count). The van der Waals surface area contributed by atoms with Gasteiger partial charge in [-0.3, -0.25) is 0 Å². The van der Waals surface area contributed by atoms with Crippen LogP contribution < -0.4 is 0 Å². The first kappa shape index (κ1) is 14.9. The molecule has 3 nitrogen and oxygen atoms in total. The smallest absolute Gasteiger partial charge is 0.104 e. The van der Waals surface area contributed by atoms with E-state index < -0.39 is 0 Å². The SMILES string of the molecule is [CH]C(C)OCC(COC([CH])C)OC([CH])C. The fourth-order valence-corrected chi connectivity index (χ4v) is 0.948. The lowest BCUT2D eigenvalue weighted by atomic mass is 10.3. The van der Waals surface area contributed by atoms with Crippen molar-refractivity contribution in [2.45, 2.75) is 45.2 Å².